The van der Waals surface area contributed by atoms with E-state index in [1.807, 2.05) is 30.3 Å². The molecule has 0 aliphatic carbocycles. The zero-order valence-electron chi connectivity index (χ0n) is 13.4. The SMILES string of the molecule is O=C(COc1ccc(F)cc1)N(CC1CCCO1)c1ccccc1. The van der Waals surface area contributed by atoms with Gasteiger partial charge in [0.15, 0.2) is 6.61 Å². The molecular formula is C19H20FNO3. The lowest BCUT2D eigenvalue weighted by molar-refractivity contribution is -0.120. The molecule has 1 aliphatic heterocycles. The predicted octanol–water partition coefficient (Wildman–Crippen LogP) is 3.42. The Morgan fingerprint density at radius 3 is 2.58 bits per heavy atom. The van der Waals surface area contributed by atoms with Crippen LogP contribution in [0.4, 0.5) is 10.1 Å². The fourth-order valence-electron chi connectivity index (χ4n) is 2.70. The first-order valence-corrected chi connectivity index (χ1v) is 8.08. The Bertz CT molecular complexity index is 654. The molecule has 1 amide bonds. The maximum atomic E-state index is 12.9. The second kappa shape index (κ2) is 7.93. The fraction of sp³-hybridized carbons (Fsp3) is 0.316. The lowest BCUT2D eigenvalue weighted by atomic mass is 10.2. The van der Waals surface area contributed by atoms with E-state index >= 15 is 0 Å². The van der Waals surface area contributed by atoms with Crippen molar-refractivity contribution >= 4 is 11.6 Å². The molecule has 126 valence electrons. The van der Waals surface area contributed by atoms with Gasteiger partial charge in [-0.3, -0.25) is 4.79 Å². The highest BCUT2D eigenvalue weighted by molar-refractivity contribution is 5.94. The molecule has 1 fully saturated rings. The van der Waals surface area contributed by atoms with Gasteiger partial charge in [-0.1, -0.05) is 18.2 Å². The number of halogens is 1. The predicted molar refractivity (Wildman–Crippen MR) is 89.7 cm³/mol. The number of hydrogen-bond acceptors (Lipinski definition) is 3. The Morgan fingerprint density at radius 1 is 1.17 bits per heavy atom. The molecule has 0 N–H and O–H groups in total. The second-order valence-electron chi connectivity index (χ2n) is 5.72. The van der Waals surface area contributed by atoms with E-state index in [0.29, 0.717) is 12.3 Å². The number of nitrogens with zero attached hydrogens (tertiary/aromatic N) is 1. The highest BCUT2D eigenvalue weighted by Gasteiger charge is 2.24. The first kappa shape index (κ1) is 16.5. The van der Waals surface area contributed by atoms with E-state index in [9.17, 15) is 9.18 Å². The molecule has 24 heavy (non-hydrogen) atoms. The molecule has 1 heterocycles. The van der Waals surface area contributed by atoms with Gasteiger partial charge < -0.3 is 14.4 Å². The number of carbonyl (C=O) groups excluding carboxylic acids is 1. The monoisotopic (exact) mass is 329 g/mol. The van der Waals surface area contributed by atoms with Crippen LogP contribution in [0.15, 0.2) is 54.6 Å². The van der Waals surface area contributed by atoms with Gasteiger partial charge >= 0.3 is 0 Å². The van der Waals surface area contributed by atoms with Gasteiger partial charge in [0.25, 0.3) is 5.91 Å². The highest BCUT2D eigenvalue weighted by Crippen LogP contribution is 2.20. The highest BCUT2D eigenvalue weighted by atomic mass is 19.1. The number of amides is 1. The Morgan fingerprint density at radius 2 is 1.92 bits per heavy atom. The molecule has 0 saturated carbocycles. The van der Waals surface area contributed by atoms with Gasteiger partial charge in [-0.15, -0.1) is 0 Å². The van der Waals surface area contributed by atoms with Gasteiger partial charge in [-0.05, 0) is 49.2 Å². The first-order chi connectivity index (χ1) is 11.7. The maximum absolute atomic E-state index is 12.9. The number of carbonyl (C=O) groups is 1. The van der Waals surface area contributed by atoms with E-state index in [0.717, 1.165) is 25.1 Å². The third-order valence-corrected chi connectivity index (χ3v) is 3.96. The summed E-state index contributed by atoms with van der Waals surface area (Å²) in [5.41, 5.74) is 0.820. The Hall–Kier alpha value is -2.40. The Balaban J connectivity index is 1.67. The standard InChI is InChI=1S/C19H20FNO3/c20-15-8-10-17(11-9-15)24-14-19(22)21(13-18-7-4-12-23-18)16-5-2-1-3-6-16/h1-3,5-6,8-11,18H,4,7,12-14H2. The summed E-state index contributed by atoms with van der Waals surface area (Å²) in [4.78, 5) is 14.3. The summed E-state index contributed by atoms with van der Waals surface area (Å²) in [5.74, 6) is -0.0196. The summed E-state index contributed by atoms with van der Waals surface area (Å²) in [7, 11) is 0. The minimum absolute atomic E-state index is 0.0555. The summed E-state index contributed by atoms with van der Waals surface area (Å²) in [6.07, 6.45) is 2.03. The Kier molecular flexibility index (Phi) is 5.43. The minimum atomic E-state index is -0.335. The van der Waals surface area contributed by atoms with Crippen LogP contribution in [0.1, 0.15) is 12.8 Å². The normalized spacial score (nSPS) is 16.8. The van der Waals surface area contributed by atoms with E-state index < -0.39 is 0 Å². The molecule has 1 unspecified atom stereocenters. The molecule has 2 aromatic carbocycles. The van der Waals surface area contributed by atoms with Crippen molar-refractivity contribution in [1.29, 1.82) is 0 Å². The van der Waals surface area contributed by atoms with Crippen molar-refractivity contribution in [3.05, 3.63) is 60.4 Å². The van der Waals surface area contributed by atoms with E-state index in [4.69, 9.17) is 9.47 Å². The van der Waals surface area contributed by atoms with E-state index in [-0.39, 0.29) is 24.4 Å². The number of hydrogen-bond donors (Lipinski definition) is 0. The molecule has 1 atom stereocenters. The van der Waals surface area contributed by atoms with Crippen LogP contribution < -0.4 is 9.64 Å². The van der Waals surface area contributed by atoms with E-state index in [2.05, 4.69) is 0 Å². The lowest BCUT2D eigenvalue weighted by Gasteiger charge is -2.25. The molecule has 3 rings (SSSR count). The van der Waals surface area contributed by atoms with Crippen LogP contribution in [-0.2, 0) is 9.53 Å². The number of ether oxygens (including phenoxy) is 2. The number of rotatable bonds is 6. The average molecular weight is 329 g/mol. The number of benzene rings is 2. The van der Waals surface area contributed by atoms with Crippen molar-refractivity contribution in [2.45, 2.75) is 18.9 Å². The molecule has 0 aromatic heterocycles. The molecule has 1 saturated heterocycles. The zero-order chi connectivity index (χ0) is 16.8. The smallest absolute Gasteiger partial charge is 0.264 e. The van der Waals surface area contributed by atoms with E-state index in [1.165, 1.54) is 24.3 Å². The van der Waals surface area contributed by atoms with Crippen LogP contribution in [-0.4, -0.2) is 31.8 Å². The summed E-state index contributed by atoms with van der Waals surface area (Å²) in [6, 6.07) is 15.1. The van der Waals surface area contributed by atoms with Gasteiger partial charge in [0.2, 0.25) is 0 Å². The van der Waals surface area contributed by atoms with Crippen molar-refractivity contribution in [3.8, 4) is 5.75 Å². The fourth-order valence-corrected chi connectivity index (χ4v) is 2.70. The van der Waals surface area contributed by atoms with Crippen LogP contribution in [0, 0.1) is 5.82 Å². The number of anilines is 1. The molecule has 2 aromatic rings. The Labute approximate surface area is 140 Å². The zero-order valence-corrected chi connectivity index (χ0v) is 13.4. The summed E-state index contributed by atoms with van der Waals surface area (Å²) < 4.78 is 24.1. The minimum Gasteiger partial charge on any atom is -0.484 e. The summed E-state index contributed by atoms with van der Waals surface area (Å²) >= 11 is 0. The van der Waals surface area contributed by atoms with Crippen LogP contribution in [0.2, 0.25) is 0 Å². The second-order valence-corrected chi connectivity index (χ2v) is 5.72. The van der Waals surface area contributed by atoms with Gasteiger partial charge in [0.1, 0.15) is 11.6 Å². The quantitative estimate of drug-likeness (QED) is 0.815. The third-order valence-electron chi connectivity index (χ3n) is 3.96. The first-order valence-electron chi connectivity index (χ1n) is 8.08. The molecule has 0 spiro atoms. The van der Waals surface area contributed by atoms with Gasteiger partial charge in [-0.2, -0.15) is 0 Å². The van der Waals surface area contributed by atoms with Crippen molar-refractivity contribution < 1.29 is 18.7 Å². The summed E-state index contributed by atoms with van der Waals surface area (Å²) in [5, 5.41) is 0. The largest absolute Gasteiger partial charge is 0.484 e. The molecule has 0 bridgehead atoms. The molecule has 1 aliphatic rings. The van der Waals surface area contributed by atoms with Gasteiger partial charge in [-0.25, -0.2) is 4.39 Å². The van der Waals surface area contributed by atoms with Gasteiger partial charge in [0.05, 0.1) is 12.6 Å². The molecular weight excluding hydrogens is 309 g/mol. The van der Waals surface area contributed by atoms with Crippen molar-refractivity contribution in [2.24, 2.45) is 0 Å². The average Bonchev–Trinajstić information content (AvgIpc) is 3.13. The van der Waals surface area contributed by atoms with Crippen molar-refractivity contribution in [2.75, 3.05) is 24.7 Å². The summed E-state index contributed by atoms with van der Waals surface area (Å²) in [6.45, 7) is 1.15. The van der Waals surface area contributed by atoms with E-state index in [1.54, 1.807) is 4.90 Å². The third kappa shape index (κ3) is 4.32. The molecule has 4 nitrogen and oxygen atoms in total. The lowest BCUT2D eigenvalue weighted by Crippen LogP contribution is -2.40. The van der Waals surface area contributed by atoms with Crippen molar-refractivity contribution in [1.82, 2.24) is 0 Å². The van der Waals surface area contributed by atoms with Crippen LogP contribution >= 0.6 is 0 Å². The van der Waals surface area contributed by atoms with Crippen LogP contribution in [0.25, 0.3) is 0 Å². The van der Waals surface area contributed by atoms with Crippen LogP contribution in [0.3, 0.4) is 0 Å². The molecule has 0 radical (unpaired) electrons. The number of para-hydroxylation sites is 1. The topological polar surface area (TPSA) is 38.8 Å². The van der Waals surface area contributed by atoms with Crippen molar-refractivity contribution in [3.63, 3.8) is 0 Å². The molecule has 5 heteroatoms. The maximum Gasteiger partial charge on any atom is 0.264 e. The van der Waals surface area contributed by atoms with Gasteiger partial charge in [0, 0.05) is 12.3 Å². The van der Waals surface area contributed by atoms with Crippen LogP contribution in [0.5, 0.6) is 5.75 Å².